The van der Waals surface area contributed by atoms with E-state index in [0.717, 1.165) is 0 Å². The van der Waals surface area contributed by atoms with Crippen molar-refractivity contribution < 1.29 is 4.39 Å². The number of halogens is 3. The highest BCUT2D eigenvalue weighted by Gasteiger charge is 2.16. The molecule has 21 heavy (non-hydrogen) atoms. The van der Waals surface area contributed by atoms with Crippen LogP contribution in [0.25, 0.3) is 22.8 Å². The zero-order chi connectivity index (χ0) is 15.0. The second-order valence-electron chi connectivity index (χ2n) is 4.51. The van der Waals surface area contributed by atoms with Gasteiger partial charge >= 0.3 is 0 Å². The van der Waals surface area contributed by atoms with Crippen LogP contribution in [0.5, 0.6) is 0 Å². The predicted octanol–water partition coefficient (Wildman–Crippen LogP) is 4.60. The van der Waals surface area contributed by atoms with Crippen molar-refractivity contribution in [2.75, 3.05) is 0 Å². The van der Waals surface area contributed by atoms with Crippen LogP contribution in [-0.2, 0) is 7.05 Å². The Bertz CT molecular complexity index is 814. The maximum atomic E-state index is 13.9. The summed E-state index contributed by atoms with van der Waals surface area (Å²) in [6.07, 6.45) is 0. The largest absolute Gasteiger partial charge is 0.310 e. The highest BCUT2D eigenvalue weighted by Crippen LogP contribution is 2.31. The lowest BCUT2D eigenvalue weighted by Gasteiger charge is -2.06. The number of nitrogens with zero attached hydrogens (tertiary/aromatic N) is 3. The number of aromatic nitrogens is 3. The van der Waals surface area contributed by atoms with Gasteiger partial charge in [0.25, 0.3) is 0 Å². The fraction of sp³-hybridized carbons (Fsp3) is 0.0667. The normalized spacial score (nSPS) is 10.9. The maximum Gasteiger partial charge on any atom is 0.166 e. The molecule has 3 aromatic rings. The van der Waals surface area contributed by atoms with E-state index in [1.807, 2.05) is 0 Å². The minimum absolute atomic E-state index is 0.346. The molecule has 0 saturated heterocycles. The van der Waals surface area contributed by atoms with Crippen LogP contribution in [0.2, 0.25) is 10.0 Å². The predicted molar refractivity (Wildman–Crippen MR) is 81.9 cm³/mol. The molecule has 0 aliphatic rings. The molecule has 106 valence electrons. The second kappa shape index (κ2) is 5.47. The van der Waals surface area contributed by atoms with E-state index in [0.29, 0.717) is 32.8 Å². The molecule has 1 heterocycles. The molecule has 0 N–H and O–H groups in total. The number of benzene rings is 2. The summed E-state index contributed by atoms with van der Waals surface area (Å²) in [5.74, 6) is 0.644. The topological polar surface area (TPSA) is 30.7 Å². The Labute approximate surface area is 131 Å². The monoisotopic (exact) mass is 321 g/mol. The van der Waals surface area contributed by atoms with Gasteiger partial charge in [-0.15, -0.1) is 10.2 Å². The summed E-state index contributed by atoms with van der Waals surface area (Å²) in [6.45, 7) is 0. The molecule has 3 rings (SSSR count). The third-order valence-electron chi connectivity index (χ3n) is 3.16. The van der Waals surface area contributed by atoms with Crippen molar-refractivity contribution in [3.63, 3.8) is 0 Å². The van der Waals surface area contributed by atoms with Gasteiger partial charge in [-0.25, -0.2) is 4.39 Å². The quantitative estimate of drug-likeness (QED) is 0.690. The van der Waals surface area contributed by atoms with Crippen LogP contribution in [0.15, 0.2) is 42.5 Å². The van der Waals surface area contributed by atoms with Gasteiger partial charge in [0.05, 0.1) is 10.6 Å². The third kappa shape index (κ3) is 2.52. The molecule has 0 saturated carbocycles. The van der Waals surface area contributed by atoms with Crippen molar-refractivity contribution >= 4 is 23.2 Å². The molecular formula is C15H10Cl2FN3. The first-order valence-electron chi connectivity index (χ1n) is 6.17. The van der Waals surface area contributed by atoms with Gasteiger partial charge in [0.2, 0.25) is 0 Å². The Morgan fingerprint density at radius 3 is 2.29 bits per heavy atom. The van der Waals surface area contributed by atoms with Crippen molar-refractivity contribution in [1.82, 2.24) is 14.8 Å². The lowest BCUT2D eigenvalue weighted by atomic mass is 10.2. The molecule has 2 aromatic carbocycles. The zero-order valence-corrected chi connectivity index (χ0v) is 12.5. The summed E-state index contributed by atoms with van der Waals surface area (Å²) < 4.78 is 15.6. The van der Waals surface area contributed by atoms with Crippen LogP contribution in [0.4, 0.5) is 4.39 Å². The molecule has 6 heteroatoms. The average molecular weight is 322 g/mol. The first-order chi connectivity index (χ1) is 10.1. The molecule has 0 spiro atoms. The van der Waals surface area contributed by atoms with Gasteiger partial charge in [-0.2, -0.15) is 0 Å². The maximum absolute atomic E-state index is 13.9. The Morgan fingerprint density at radius 1 is 0.952 bits per heavy atom. The Morgan fingerprint density at radius 2 is 1.62 bits per heavy atom. The first-order valence-corrected chi connectivity index (χ1v) is 6.93. The van der Waals surface area contributed by atoms with Crippen LogP contribution >= 0.6 is 23.2 Å². The van der Waals surface area contributed by atoms with E-state index in [1.165, 1.54) is 6.07 Å². The Balaban J connectivity index is 2.14. The number of hydrogen-bond acceptors (Lipinski definition) is 2. The van der Waals surface area contributed by atoms with Gasteiger partial charge in [-0.05, 0) is 30.3 Å². The minimum atomic E-state index is -0.346. The van der Waals surface area contributed by atoms with Crippen molar-refractivity contribution in [1.29, 1.82) is 0 Å². The summed E-state index contributed by atoms with van der Waals surface area (Å²) in [6, 6.07) is 11.6. The summed E-state index contributed by atoms with van der Waals surface area (Å²) in [4.78, 5) is 0. The van der Waals surface area contributed by atoms with E-state index in [4.69, 9.17) is 23.2 Å². The standard InChI is InChI=1S/C15H10Cl2FN3/c1-21-14(10-7-6-9(16)8-12(10)17)19-20-15(21)11-4-2-3-5-13(11)18/h2-8H,1H3. The summed E-state index contributed by atoms with van der Waals surface area (Å²) in [5.41, 5.74) is 1.09. The molecule has 1 aromatic heterocycles. The fourth-order valence-corrected chi connectivity index (χ4v) is 2.60. The lowest BCUT2D eigenvalue weighted by molar-refractivity contribution is 0.629. The van der Waals surface area contributed by atoms with Crippen LogP contribution in [-0.4, -0.2) is 14.8 Å². The Hall–Kier alpha value is -1.91. The third-order valence-corrected chi connectivity index (χ3v) is 3.71. The van der Waals surface area contributed by atoms with Gasteiger partial charge in [0.15, 0.2) is 11.6 Å². The summed E-state index contributed by atoms with van der Waals surface area (Å²) in [5, 5.41) is 9.19. The van der Waals surface area contributed by atoms with E-state index < -0.39 is 0 Å². The average Bonchev–Trinajstić information content (AvgIpc) is 2.81. The Kier molecular flexibility index (Phi) is 3.66. The van der Waals surface area contributed by atoms with Gasteiger partial charge < -0.3 is 4.57 Å². The van der Waals surface area contributed by atoms with Crippen LogP contribution in [0.1, 0.15) is 0 Å². The number of hydrogen-bond donors (Lipinski definition) is 0. The highest BCUT2D eigenvalue weighted by molar-refractivity contribution is 6.36. The molecule has 0 amide bonds. The molecule has 0 atom stereocenters. The van der Waals surface area contributed by atoms with Gasteiger partial charge in [-0.3, -0.25) is 0 Å². The molecule has 0 aliphatic carbocycles. The van der Waals surface area contributed by atoms with Crippen molar-refractivity contribution in [2.24, 2.45) is 7.05 Å². The fourth-order valence-electron chi connectivity index (χ4n) is 2.11. The van der Waals surface area contributed by atoms with Crippen LogP contribution in [0, 0.1) is 5.82 Å². The lowest BCUT2D eigenvalue weighted by Crippen LogP contribution is -1.97. The van der Waals surface area contributed by atoms with E-state index >= 15 is 0 Å². The number of rotatable bonds is 2. The van der Waals surface area contributed by atoms with Crippen molar-refractivity contribution in [2.45, 2.75) is 0 Å². The molecule has 0 bridgehead atoms. The zero-order valence-electron chi connectivity index (χ0n) is 11.0. The van der Waals surface area contributed by atoms with E-state index in [-0.39, 0.29) is 5.82 Å². The summed E-state index contributed by atoms with van der Waals surface area (Å²) >= 11 is 12.1. The van der Waals surface area contributed by atoms with E-state index in [9.17, 15) is 4.39 Å². The van der Waals surface area contributed by atoms with Gasteiger partial charge in [0, 0.05) is 17.6 Å². The van der Waals surface area contributed by atoms with Gasteiger partial charge in [0.1, 0.15) is 5.82 Å². The van der Waals surface area contributed by atoms with E-state index in [1.54, 1.807) is 48.0 Å². The molecule has 3 nitrogen and oxygen atoms in total. The van der Waals surface area contributed by atoms with Gasteiger partial charge in [-0.1, -0.05) is 35.3 Å². The summed E-state index contributed by atoms with van der Waals surface area (Å²) in [7, 11) is 1.77. The first kappa shape index (κ1) is 14.0. The SMILES string of the molecule is Cn1c(-c2ccccc2F)nnc1-c1ccc(Cl)cc1Cl. The minimum Gasteiger partial charge on any atom is -0.310 e. The molecular weight excluding hydrogens is 312 g/mol. The van der Waals surface area contributed by atoms with Crippen molar-refractivity contribution in [3.05, 3.63) is 58.3 Å². The van der Waals surface area contributed by atoms with Crippen LogP contribution < -0.4 is 0 Å². The highest BCUT2D eigenvalue weighted by atomic mass is 35.5. The second-order valence-corrected chi connectivity index (χ2v) is 5.35. The van der Waals surface area contributed by atoms with Crippen molar-refractivity contribution in [3.8, 4) is 22.8 Å². The molecule has 0 unspecified atom stereocenters. The van der Waals surface area contributed by atoms with E-state index in [2.05, 4.69) is 10.2 Å². The molecule has 0 fully saturated rings. The smallest absolute Gasteiger partial charge is 0.166 e. The molecule has 0 aliphatic heterocycles. The van der Waals surface area contributed by atoms with Crippen LogP contribution in [0.3, 0.4) is 0 Å². The molecule has 0 radical (unpaired) electrons.